The maximum absolute atomic E-state index is 13.6. The Morgan fingerprint density at radius 2 is 1.76 bits per heavy atom. The number of carbonyl (C=O) groups is 1. The monoisotopic (exact) mass is 542 g/mol. The molecule has 1 amide bonds. The van der Waals surface area contributed by atoms with Gasteiger partial charge >= 0.3 is 0 Å². The fourth-order valence-electron chi connectivity index (χ4n) is 4.49. The molecule has 0 saturated carbocycles. The second-order valence-corrected chi connectivity index (χ2v) is 11.7. The summed E-state index contributed by atoms with van der Waals surface area (Å²) in [5, 5.41) is 3.45. The Labute approximate surface area is 223 Å². The van der Waals surface area contributed by atoms with Crippen molar-refractivity contribution >= 4 is 33.2 Å². The molecule has 0 aliphatic carbocycles. The summed E-state index contributed by atoms with van der Waals surface area (Å²) in [6.07, 6.45) is -1.04. The van der Waals surface area contributed by atoms with Crippen molar-refractivity contribution in [1.82, 2.24) is 5.32 Å². The smallest absolute Gasteiger partial charge is 0.264 e. The number of aryl methyl sites for hydroxylation is 1. The van der Waals surface area contributed by atoms with Crippen LogP contribution in [0.4, 0.5) is 5.69 Å². The lowest BCUT2D eigenvalue weighted by atomic mass is 9.93. The normalized spacial score (nSPS) is 16.1. The van der Waals surface area contributed by atoms with Gasteiger partial charge in [0.15, 0.2) is 6.10 Å². The number of methoxy groups -OCH3 is 1. The Balaban J connectivity index is 1.62. The van der Waals surface area contributed by atoms with Crippen molar-refractivity contribution in [2.45, 2.75) is 50.7 Å². The third-order valence-corrected chi connectivity index (χ3v) is 8.54. The zero-order valence-corrected chi connectivity index (χ0v) is 23.1. The molecule has 0 fully saturated rings. The van der Waals surface area contributed by atoms with Crippen LogP contribution in [-0.2, 0) is 14.8 Å². The van der Waals surface area contributed by atoms with Gasteiger partial charge in [-0.15, -0.1) is 0 Å². The van der Waals surface area contributed by atoms with Crippen LogP contribution >= 0.6 is 11.6 Å². The molecular weight excluding hydrogens is 512 g/mol. The van der Waals surface area contributed by atoms with Crippen LogP contribution in [0.2, 0.25) is 5.02 Å². The van der Waals surface area contributed by atoms with E-state index >= 15 is 0 Å². The Bertz CT molecular complexity index is 1410. The molecule has 3 aromatic rings. The number of ether oxygens (including phenoxy) is 2. The van der Waals surface area contributed by atoms with Crippen LogP contribution in [0.1, 0.15) is 49.4 Å². The largest absolute Gasteiger partial charge is 0.496 e. The molecule has 0 aromatic heterocycles. The minimum Gasteiger partial charge on any atom is -0.496 e. The van der Waals surface area contributed by atoms with Crippen LogP contribution in [0, 0.1) is 6.92 Å². The first-order chi connectivity index (χ1) is 17.5. The predicted octanol–water partition coefficient (Wildman–Crippen LogP) is 5.61. The highest BCUT2D eigenvalue weighted by Crippen LogP contribution is 2.37. The van der Waals surface area contributed by atoms with E-state index < -0.39 is 22.0 Å². The van der Waals surface area contributed by atoms with Crippen LogP contribution in [-0.4, -0.2) is 34.1 Å². The summed E-state index contributed by atoms with van der Waals surface area (Å²) in [5.41, 5.74) is 3.37. The third-order valence-electron chi connectivity index (χ3n) is 6.49. The molecule has 1 aliphatic rings. The highest BCUT2D eigenvalue weighted by molar-refractivity contribution is 7.92. The molecule has 9 heteroatoms. The van der Waals surface area contributed by atoms with Crippen LogP contribution in [0.25, 0.3) is 0 Å². The van der Waals surface area contributed by atoms with Gasteiger partial charge in [0, 0.05) is 5.02 Å². The lowest BCUT2D eigenvalue weighted by Gasteiger charge is -2.35. The van der Waals surface area contributed by atoms with Crippen molar-refractivity contribution in [3.8, 4) is 11.5 Å². The van der Waals surface area contributed by atoms with E-state index in [1.165, 1.54) is 28.6 Å². The number of nitrogens with zero attached hydrogens (tertiary/aromatic N) is 1. The summed E-state index contributed by atoms with van der Waals surface area (Å²) < 4.78 is 39.9. The van der Waals surface area contributed by atoms with Crippen LogP contribution in [0.15, 0.2) is 65.6 Å². The summed E-state index contributed by atoms with van der Waals surface area (Å²) in [6, 6.07) is 16.4. The van der Waals surface area contributed by atoms with E-state index in [4.69, 9.17) is 21.1 Å². The Kier molecular flexibility index (Phi) is 7.71. The molecule has 1 aliphatic heterocycles. The molecule has 0 bridgehead atoms. The minimum absolute atomic E-state index is 0.0798. The topological polar surface area (TPSA) is 84.9 Å². The lowest BCUT2D eigenvalue weighted by Crippen LogP contribution is -2.51. The first-order valence-electron chi connectivity index (χ1n) is 12.1. The molecule has 0 spiro atoms. The van der Waals surface area contributed by atoms with Gasteiger partial charge < -0.3 is 14.8 Å². The number of halogens is 1. The second kappa shape index (κ2) is 10.6. The summed E-state index contributed by atoms with van der Waals surface area (Å²) in [5.74, 6) is 0.966. The fourth-order valence-corrected chi connectivity index (χ4v) is 6.10. The molecule has 2 atom stereocenters. The van der Waals surface area contributed by atoms with E-state index in [1.54, 1.807) is 31.4 Å². The van der Waals surface area contributed by atoms with Gasteiger partial charge in [0.2, 0.25) is 0 Å². The van der Waals surface area contributed by atoms with Gasteiger partial charge in [-0.2, -0.15) is 0 Å². The SMILES string of the molecule is COc1cc(C)c([C@H](C)NC(=O)[C@@H]2CN(S(=O)(=O)c3ccc(Cl)cc3)c3ccccc3O2)cc1C(C)C. The molecule has 1 heterocycles. The number of fused-ring (bicyclic) bond motifs is 1. The molecule has 0 radical (unpaired) electrons. The van der Waals surface area contributed by atoms with Crippen molar-refractivity contribution < 1.29 is 22.7 Å². The molecule has 1 N–H and O–H groups in total. The number of hydrogen-bond donors (Lipinski definition) is 1. The number of anilines is 1. The van der Waals surface area contributed by atoms with Gasteiger partial charge in [-0.25, -0.2) is 8.42 Å². The average Bonchev–Trinajstić information content (AvgIpc) is 2.87. The maximum Gasteiger partial charge on any atom is 0.264 e. The fraction of sp³-hybridized carbons (Fsp3) is 0.321. The summed E-state index contributed by atoms with van der Waals surface area (Å²) in [7, 11) is -2.32. The minimum atomic E-state index is -3.97. The van der Waals surface area contributed by atoms with Gasteiger partial charge in [0.05, 0.1) is 30.3 Å². The van der Waals surface area contributed by atoms with Gasteiger partial charge in [0.25, 0.3) is 15.9 Å². The Hall–Kier alpha value is -3.23. The van der Waals surface area contributed by atoms with Gasteiger partial charge in [-0.3, -0.25) is 9.10 Å². The molecule has 0 saturated heterocycles. The number of para-hydroxylation sites is 2. The van der Waals surface area contributed by atoms with Crippen molar-refractivity contribution in [2.75, 3.05) is 18.0 Å². The second-order valence-electron chi connectivity index (χ2n) is 9.40. The number of carbonyl (C=O) groups excluding carboxylic acids is 1. The highest BCUT2D eigenvalue weighted by atomic mass is 35.5. The number of amides is 1. The zero-order valence-electron chi connectivity index (χ0n) is 21.5. The molecule has 3 aromatic carbocycles. The third kappa shape index (κ3) is 5.40. The van der Waals surface area contributed by atoms with E-state index in [-0.39, 0.29) is 23.4 Å². The first kappa shape index (κ1) is 26.8. The van der Waals surface area contributed by atoms with E-state index in [0.29, 0.717) is 16.5 Å². The number of rotatable bonds is 7. The van der Waals surface area contributed by atoms with E-state index in [2.05, 4.69) is 25.2 Å². The zero-order chi connectivity index (χ0) is 26.9. The summed E-state index contributed by atoms with van der Waals surface area (Å²) >= 11 is 5.96. The van der Waals surface area contributed by atoms with Gasteiger partial charge in [-0.05, 0) is 85.0 Å². The van der Waals surface area contributed by atoms with Gasteiger partial charge in [-0.1, -0.05) is 37.6 Å². The average molecular weight is 543 g/mol. The van der Waals surface area contributed by atoms with Crippen LogP contribution in [0.3, 0.4) is 0 Å². The standard InChI is InChI=1S/C28H31ClN2O5S/c1-17(2)22-15-23(18(3)14-26(22)35-5)19(4)30-28(32)27-16-31(24-8-6-7-9-25(24)36-27)37(33,34)21-12-10-20(29)11-13-21/h6-15,17,19,27H,16H2,1-5H3,(H,30,32)/t19-,27-/m0/s1. The Morgan fingerprint density at radius 1 is 1.08 bits per heavy atom. The Morgan fingerprint density at radius 3 is 2.41 bits per heavy atom. The van der Waals surface area contributed by atoms with Crippen LogP contribution < -0.4 is 19.1 Å². The summed E-state index contributed by atoms with van der Waals surface area (Å²) in [4.78, 5) is 13.5. The van der Waals surface area contributed by atoms with Gasteiger partial charge in [0.1, 0.15) is 11.5 Å². The quantitative estimate of drug-likeness (QED) is 0.419. The first-order valence-corrected chi connectivity index (χ1v) is 13.9. The molecule has 37 heavy (non-hydrogen) atoms. The number of benzene rings is 3. The lowest BCUT2D eigenvalue weighted by molar-refractivity contribution is -0.128. The van der Waals surface area contributed by atoms with Crippen molar-refractivity contribution in [1.29, 1.82) is 0 Å². The molecule has 196 valence electrons. The van der Waals surface area contributed by atoms with Crippen molar-refractivity contribution in [2.24, 2.45) is 0 Å². The molecule has 7 nitrogen and oxygen atoms in total. The van der Waals surface area contributed by atoms with E-state index in [0.717, 1.165) is 22.4 Å². The number of nitrogens with one attached hydrogen (secondary N) is 1. The highest BCUT2D eigenvalue weighted by Gasteiger charge is 2.38. The predicted molar refractivity (Wildman–Crippen MR) is 145 cm³/mol. The van der Waals surface area contributed by atoms with Crippen molar-refractivity contribution in [3.05, 3.63) is 82.4 Å². The summed E-state index contributed by atoms with van der Waals surface area (Å²) in [6.45, 7) is 7.88. The molecule has 4 rings (SSSR count). The van der Waals surface area contributed by atoms with E-state index in [9.17, 15) is 13.2 Å². The number of sulfonamides is 1. The molecular formula is C28H31ClN2O5S. The van der Waals surface area contributed by atoms with Crippen molar-refractivity contribution in [3.63, 3.8) is 0 Å². The van der Waals surface area contributed by atoms with E-state index in [1.807, 2.05) is 19.9 Å². The number of hydrogen-bond acceptors (Lipinski definition) is 5. The maximum atomic E-state index is 13.6. The van der Waals surface area contributed by atoms with Crippen LogP contribution in [0.5, 0.6) is 11.5 Å². The molecule has 0 unspecified atom stereocenters.